The molecule has 1 fully saturated rings. The largest absolute Gasteiger partial charge is 0.497 e. The molecule has 2 unspecified atom stereocenters. The molecule has 6 heteroatoms. The van der Waals surface area contributed by atoms with Crippen molar-refractivity contribution in [2.24, 2.45) is 0 Å². The van der Waals surface area contributed by atoms with Crippen LogP contribution >= 0.6 is 0 Å². The number of nitrogens with zero attached hydrogens (tertiary/aromatic N) is 1. The molecule has 1 N–H and O–H groups in total. The Hall–Kier alpha value is -3.02. The summed E-state index contributed by atoms with van der Waals surface area (Å²) in [6.07, 6.45) is -0.494. The van der Waals surface area contributed by atoms with Gasteiger partial charge in [-0.3, -0.25) is 9.69 Å². The molecule has 2 atom stereocenters. The van der Waals surface area contributed by atoms with Crippen LogP contribution in [0.15, 0.2) is 54.6 Å². The van der Waals surface area contributed by atoms with Crippen molar-refractivity contribution in [1.82, 2.24) is 4.90 Å². The quantitative estimate of drug-likeness (QED) is 0.829. The van der Waals surface area contributed by atoms with Gasteiger partial charge in [0.25, 0.3) is 0 Å². The highest BCUT2D eigenvalue weighted by molar-refractivity contribution is 6.00. The van der Waals surface area contributed by atoms with Crippen LogP contribution in [0.4, 0.5) is 10.5 Å². The molecule has 6 nitrogen and oxygen atoms in total. The fourth-order valence-corrected chi connectivity index (χ4v) is 2.93. The molecule has 0 bridgehead atoms. The lowest BCUT2D eigenvalue weighted by molar-refractivity contribution is -0.116. The molecule has 27 heavy (non-hydrogen) atoms. The molecule has 0 radical (unpaired) electrons. The number of ether oxygens (including phenoxy) is 2. The fraction of sp³-hybridized carbons (Fsp3) is 0.333. The van der Waals surface area contributed by atoms with Crippen molar-refractivity contribution in [3.05, 3.63) is 60.2 Å². The standard InChI is InChI=1S/C21H24N2O4/c1-21(2,3)27-20(25)23-17(14-8-6-5-7-9-14)18(23)19(24)22-15-10-12-16(26-4)13-11-15/h5-13,17-18H,1-4H3,(H,22,24). The number of carbonyl (C=O) groups excluding carboxylic acids is 2. The first-order chi connectivity index (χ1) is 12.8. The summed E-state index contributed by atoms with van der Waals surface area (Å²) in [6.45, 7) is 5.41. The molecule has 1 saturated heterocycles. The number of methoxy groups -OCH3 is 1. The number of anilines is 1. The second kappa shape index (κ2) is 7.31. The highest BCUT2D eigenvalue weighted by Crippen LogP contribution is 2.44. The molecular formula is C21H24N2O4. The second-order valence-electron chi connectivity index (χ2n) is 7.41. The molecule has 1 aliphatic rings. The van der Waals surface area contributed by atoms with Crippen LogP contribution in [0, 0.1) is 0 Å². The number of hydrogen-bond donors (Lipinski definition) is 1. The van der Waals surface area contributed by atoms with Gasteiger partial charge in [0.2, 0.25) is 5.91 Å². The van der Waals surface area contributed by atoms with E-state index in [2.05, 4.69) is 5.32 Å². The molecule has 2 aromatic rings. The van der Waals surface area contributed by atoms with Crippen LogP contribution in [-0.4, -0.2) is 35.7 Å². The second-order valence-corrected chi connectivity index (χ2v) is 7.41. The SMILES string of the molecule is COc1ccc(NC(=O)C2C(c3ccccc3)N2C(=O)OC(C)(C)C)cc1. The molecule has 1 heterocycles. The van der Waals surface area contributed by atoms with E-state index in [1.54, 1.807) is 52.1 Å². The van der Waals surface area contributed by atoms with Crippen LogP contribution in [0.2, 0.25) is 0 Å². The summed E-state index contributed by atoms with van der Waals surface area (Å²) in [7, 11) is 1.58. The molecule has 0 spiro atoms. The summed E-state index contributed by atoms with van der Waals surface area (Å²) in [5.74, 6) is 0.455. The first-order valence-corrected chi connectivity index (χ1v) is 8.81. The average molecular weight is 368 g/mol. The fourth-order valence-electron chi connectivity index (χ4n) is 2.93. The predicted octanol–water partition coefficient (Wildman–Crippen LogP) is 3.99. The minimum absolute atomic E-state index is 0.250. The van der Waals surface area contributed by atoms with E-state index in [0.29, 0.717) is 11.4 Å². The Bertz CT molecular complexity index is 812. The van der Waals surface area contributed by atoms with Crippen molar-refractivity contribution < 1.29 is 19.1 Å². The Balaban J connectivity index is 1.77. The lowest BCUT2D eigenvalue weighted by Crippen LogP contribution is -2.30. The van der Waals surface area contributed by atoms with Gasteiger partial charge in [0.15, 0.2) is 0 Å². The zero-order valence-corrected chi connectivity index (χ0v) is 15.9. The first-order valence-electron chi connectivity index (χ1n) is 8.81. The lowest BCUT2D eigenvalue weighted by atomic mass is 10.1. The molecule has 1 aliphatic heterocycles. The van der Waals surface area contributed by atoms with Crippen LogP contribution in [0.25, 0.3) is 0 Å². The first kappa shape index (κ1) is 18.8. The Morgan fingerprint density at radius 2 is 1.63 bits per heavy atom. The van der Waals surface area contributed by atoms with E-state index >= 15 is 0 Å². The van der Waals surface area contributed by atoms with Crippen molar-refractivity contribution in [2.75, 3.05) is 12.4 Å². The third kappa shape index (κ3) is 4.39. The maximum atomic E-state index is 12.8. The van der Waals surface area contributed by atoms with Gasteiger partial charge >= 0.3 is 6.09 Å². The molecule has 2 aromatic carbocycles. The van der Waals surface area contributed by atoms with Gasteiger partial charge < -0.3 is 14.8 Å². The topological polar surface area (TPSA) is 67.6 Å². The molecule has 3 rings (SSSR count). The van der Waals surface area contributed by atoms with Crippen LogP contribution in [0.5, 0.6) is 5.75 Å². The van der Waals surface area contributed by atoms with Crippen molar-refractivity contribution in [3.8, 4) is 5.75 Å². The number of carbonyl (C=O) groups is 2. The van der Waals surface area contributed by atoms with Gasteiger partial charge in [-0.1, -0.05) is 30.3 Å². The van der Waals surface area contributed by atoms with E-state index in [9.17, 15) is 9.59 Å². The highest BCUT2D eigenvalue weighted by Gasteiger charge is 2.57. The van der Waals surface area contributed by atoms with E-state index in [-0.39, 0.29) is 11.9 Å². The van der Waals surface area contributed by atoms with Crippen molar-refractivity contribution in [3.63, 3.8) is 0 Å². The summed E-state index contributed by atoms with van der Waals surface area (Å²) in [6, 6.07) is 15.6. The van der Waals surface area contributed by atoms with Crippen LogP contribution in [0.1, 0.15) is 32.4 Å². The maximum absolute atomic E-state index is 12.8. The van der Waals surface area contributed by atoms with Crippen molar-refractivity contribution in [2.45, 2.75) is 38.5 Å². The van der Waals surface area contributed by atoms with E-state index in [1.807, 2.05) is 30.3 Å². The lowest BCUT2D eigenvalue weighted by Gasteiger charge is -2.20. The summed E-state index contributed by atoms with van der Waals surface area (Å²) >= 11 is 0. The monoisotopic (exact) mass is 368 g/mol. The zero-order chi connectivity index (χ0) is 19.6. The third-order valence-electron chi connectivity index (χ3n) is 4.18. The summed E-state index contributed by atoms with van der Waals surface area (Å²) < 4.78 is 10.6. The highest BCUT2D eigenvalue weighted by atomic mass is 16.6. The van der Waals surface area contributed by atoms with Gasteiger partial charge in [0.1, 0.15) is 17.4 Å². The molecule has 0 aromatic heterocycles. The molecular weight excluding hydrogens is 344 g/mol. The van der Waals surface area contributed by atoms with Gasteiger partial charge in [-0.15, -0.1) is 0 Å². The predicted molar refractivity (Wildman–Crippen MR) is 103 cm³/mol. The van der Waals surface area contributed by atoms with Gasteiger partial charge in [-0.2, -0.15) is 0 Å². The Labute approximate surface area is 159 Å². The number of nitrogens with one attached hydrogen (secondary N) is 1. The Morgan fingerprint density at radius 1 is 1.00 bits per heavy atom. The van der Waals surface area contributed by atoms with E-state index in [0.717, 1.165) is 5.56 Å². The van der Waals surface area contributed by atoms with E-state index in [4.69, 9.17) is 9.47 Å². The summed E-state index contributed by atoms with van der Waals surface area (Å²) in [5, 5.41) is 2.86. The van der Waals surface area contributed by atoms with Crippen LogP contribution in [0.3, 0.4) is 0 Å². The zero-order valence-electron chi connectivity index (χ0n) is 15.9. The molecule has 0 saturated carbocycles. The van der Waals surface area contributed by atoms with Crippen LogP contribution in [-0.2, 0) is 9.53 Å². The van der Waals surface area contributed by atoms with Crippen molar-refractivity contribution >= 4 is 17.7 Å². The maximum Gasteiger partial charge on any atom is 0.411 e. The van der Waals surface area contributed by atoms with Crippen LogP contribution < -0.4 is 10.1 Å². The third-order valence-corrected chi connectivity index (χ3v) is 4.18. The number of benzene rings is 2. The van der Waals surface area contributed by atoms with E-state index < -0.39 is 17.7 Å². The van der Waals surface area contributed by atoms with Crippen molar-refractivity contribution in [1.29, 1.82) is 0 Å². The number of hydrogen-bond acceptors (Lipinski definition) is 4. The normalized spacial score (nSPS) is 18.6. The van der Waals surface area contributed by atoms with Gasteiger partial charge in [0, 0.05) is 5.69 Å². The smallest absolute Gasteiger partial charge is 0.411 e. The number of rotatable bonds is 4. The number of amides is 2. The van der Waals surface area contributed by atoms with E-state index in [1.165, 1.54) is 4.90 Å². The summed E-state index contributed by atoms with van der Waals surface area (Å²) in [5.41, 5.74) is 0.916. The van der Waals surface area contributed by atoms with Gasteiger partial charge in [-0.05, 0) is 50.6 Å². The Morgan fingerprint density at radius 3 is 2.19 bits per heavy atom. The van der Waals surface area contributed by atoms with Gasteiger partial charge in [-0.25, -0.2) is 4.79 Å². The summed E-state index contributed by atoms with van der Waals surface area (Å²) in [4.78, 5) is 26.8. The molecule has 142 valence electrons. The van der Waals surface area contributed by atoms with Gasteiger partial charge in [0.05, 0.1) is 13.2 Å². The Kier molecular flexibility index (Phi) is 5.08. The average Bonchev–Trinajstić information content (AvgIpc) is 3.38. The molecule has 0 aliphatic carbocycles. The molecule has 2 amide bonds. The minimum atomic E-state index is -0.627. The minimum Gasteiger partial charge on any atom is -0.497 e.